The fourth-order valence-electron chi connectivity index (χ4n) is 1.44. The third kappa shape index (κ3) is 4.79. The van der Waals surface area contributed by atoms with Crippen LogP contribution >= 0.6 is 11.6 Å². The topological polar surface area (TPSA) is 49.3 Å². The summed E-state index contributed by atoms with van der Waals surface area (Å²) in [5.74, 6) is 5.54. The van der Waals surface area contributed by atoms with Gasteiger partial charge in [0.1, 0.15) is 6.61 Å². The molecule has 1 rings (SSSR count). The third-order valence-electron chi connectivity index (χ3n) is 2.15. The van der Waals surface area contributed by atoms with Gasteiger partial charge in [0.15, 0.2) is 0 Å². The Morgan fingerprint density at radius 3 is 2.83 bits per heavy atom. The molecule has 18 heavy (non-hydrogen) atoms. The molecule has 4 heteroatoms. The molecule has 0 heterocycles. The quantitative estimate of drug-likeness (QED) is 0.826. The van der Waals surface area contributed by atoms with Crippen LogP contribution in [0.3, 0.4) is 0 Å². The molecule has 0 saturated heterocycles. The molecule has 0 bridgehead atoms. The highest BCUT2D eigenvalue weighted by atomic mass is 35.5. The number of amides is 1. The van der Waals surface area contributed by atoms with E-state index in [2.05, 4.69) is 17.2 Å². The molecule has 0 atom stereocenters. The number of carbonyl (C=O) groups is 1. The van der Waals surface area contributed by atoms with Crippen LogP contribution < -0.4 is 5.32 Å². The van der Waals surface area contributed by atoms with Gasteiger partial charge in [0, 0.05) is 17.0 Å². The number of aliphatic hydroxyl groups excluding tert-OH is 1. The highest BCUT2D eigenvalue weighted by Crippen LogP contribution is 2.20. The van der Waals surface area contributed by atoms with Crippen molar-refractivity contribution < 1.29 is 9.90 Å². The largest absolute Gasteiger partial charge is 0.384 e. The van der Waals surface area contributed by atoms with Gasteiger partial charge in [-0.3, -0.25) is 4.79 Å². The minimum absolute atomic E-state index is 0.0561. The monoisotopic (exact) mass is 265 g/mol. The third-order valence-corrected chi connectivity index (χ3v) is 2.39. The number of anilines is 1. The van der Waals surface area contributed by atoms with Gasteiger partial charge in [-0.25, -0.2) is 0 Å². The Balaban J connectivity index is 2.90. The van der Waals surface area contributed by atoms with Crippen molar-refractivity contribution in [2.24, 2.45) is 5.92 Å². The molecular weight excluding hydrogens is 250 g/mol. The lowest BCUT2D eigenvalue weighted by Gasteiger charge is -2.09. The van der Waals surface area contributed by atoms with Crippen LogP contribution in [0.15, 0.2) is 18.2 Å². The van der Waals surface area contributed by atoms with Crippen molar-refractivity contribution >= 4 is 23.2 Å². The summed E-state index contributed by atoms with van der Waals surface area (Å²) in [6.45, 7) is 3.73. The Bertz CT molecular complexity index is 486. The van der Waals surface area contributed by atoms with Crippen LogP contribution in [-0.2, 0) is 4.79 Å². The average Bonchev–Trinajstić information content (AvgIpc) is 2.28. The summed E-state index contributed by atoms with van der Waals surface area (Å²) in [6, 6.07) is 5.06. The second-order valence-electron chi connectivity index (χ2n) is 4.30. The summed E-state index contributed by atoms with van der Waals surface area (Å²) in [6.07, 6.45) is 0.454. The van der Waals surface area contributed by atoms with E-state index in [9.17, 15) is 4.79 Å². The van der Waals surface area contributed by atoms with Crippen LogP contribution in [0.4, 0.5) is 5.69 Å². The van der Waals surface area contributed by atoms with Gasteiger partial charge in [-0.05, 0) is 24.1 Å². The van der Waals surface area contributed by atoms with E-state index in [1.54, 1.807) is 18.2 Å². The van der Waals surface area contributed by atoms with Crippen molar-refractivity contribution in [3.8, 4) is 11.8 Å². The zero-order chi connectivity index (χ0) is 13.5. The zero-order valence-corrected chi connectivity index (χ0v) is 11.2. The zero-order valence-electron chi connectivity index (χ0n) is 10.5. The van der Waals surface area contributed by atoms with Gasteiger partial charge < -0.3 is 10.4 Å². The molecule has 0 aromatic heterocycles. The Hall–Kier alpha value is -1.50. The van der Waals surface area contributed by atoms with E-state index in [0.29, 0.717) is 28.6 Å². The first-order valence-corrected chi connectivity index (χ1v) is 6.10. The first-order chi connectivity index (χ1) is 8.52. The number of rotatable bonds is 3. The van der Waals surface area contributed by atoms with Gasteiger partial charge >= 0.3 is 0 Å². The van der Waals surface area contributed by atoms with Gasteiger partial charge in [-0.1, -0.05) is 37.3 Å². The number of aliphatic hydroxyl groups is 1. The van der Waals surface area contributed by atoms with Gasteiger partial charge in [-0.2, -0.15) is 0 Å². The minimum Gasteiger partial charge on any atom is -0.384 e. The van der Waals surface area contributed by atoms with Gasteiger partial charge in [0.05, 0.1) is 5.69 Å². The predicted molar refractivity (Wildman–Crippen MR) is 73.5 cm³/mol. The molecule has 0 unspecified atom stereocenters. The Kier molecular flexibility index (Phi) is 5.70. The van der Waals surface area contributed by atoms with E-state index in [1.807, 2.05) is 13.8 Å². The van der Waals surface area contributed by atoms with Crippen LogP contribution in [0.1, 0.15) is 25.8 Å². The molecule has 0 fully saturated rings. The second kappa shape index (κ2) is 7.05. The SMILES string of the molecule is CC(C)CC(=O)Nc1ccc(Cl)cc1C#CCO. The number of benzene rings is 1. The van der Waals surface area contributed by atoms with Gasteiger partial charge in [0.25, 0.3) is 0 Å². The maximum Gasteiger partial charge on any atom is 0.224 e. The molecule has 96 valence electrons. The van der Waals surface area contributed by atoms with E-state index in [4.69, 9.17) is 16.7 Å². The maximum atomic E-state index is 11.7. The van der Waals surface area contributed by atoms with Crippen molar-refractivity contribution in [3.05, 3.63) is 28.8 Å². The van der Waals surface area contributed by atoms with Gasteiger partial charge in [-0.15, -0.1) is 0 Å². The molecule has 1 amide bonds. The van der Waals surface area contributed by atoms with E-state index in [-0.39, 0.29) is 12.5 Å². The molecule has 0 saturated carbocycles. The molecule has 2 N–H and O–H groups in total. The van der Waals surface area contributed by atoms with Crippen LogP contribution in [0.5, 0.6) is 0 Å². The smallest absolute Gasteiger partial charge is 0.224 e. The lowest BCUT2D eigenvalue weighted by molar-refractivity contribution is -0.116. The summed E-state index contributed by atoms with van der Waals surface area (Å²) < 4.78 is 0. The second-order valence-corrected chi connectivity index (χ2v) is 4.73. The number of hydrogen-bond acceptors (Lipinski definition) is 2. The standard InChI is InChI=1S/C14H16ClNO2/c1-10(2)8-14(18)16-13-6-5-12(15)9-11(13)4-3-7-17/h5-6,9-10,17H,7-8H2,1-2H3,(H,16,18). The van der Waals surface area contributed by atoms with E-state index in [1.165, 1.54) is 0 Å². The van der Waals surface area contributed by atoms with Crippen LogP contribution in [0, 0.1) is 17.8 Å². The lowest BCUT2D eigenvalue weighted by Crippen LogP contribution is -2.14. The minimum atomic E-state index is -0.230. The normalized spacial score (nSPS) is 9.83. The number of carbonyl (C=O) groups excluding carboxylic acids is 1. The molecule has 0 spiro atoms. The summed E-state index contributed by atoms with van der Waals surface area (Å²) >= 11 is 5.87. The van der Waals surface area contributed by atoms with Crippen molar-refractivity contribution in [2.45, 2.75) is 20.3 Å². The van der Waals surface area contributed by atoms with Crippen LogP contribution in [0.25, 0.3) is 0 Å². The summed E-state index contributed by atoms with van der Waals surface area (Å²) in [5.41, 5.74) is 1.22. The molecule has 0 radical (unpaired) electrons. The Morgan fingerprint density at radius 2 is 2.22 bits per heavy atom. The van der Waals surface area contributed by atoms with Crippen molar-refractivity contribution in [3.63, 3.8) is 0 Å². The van der Waals surface area contributed by atoms with Crippen molar-refractivity contribution in [2.75, 3.05) is 11.9 Å². The first-order valence-electron chi connectivity index (χ1n) is 5.72. The lowest BCUT2D eigenvalue weighted by atomic mass is 10.1. The van der Waals surface area contributed by atoms with Crippen LogP contribution in [-0.4, -0.2) is 17.6 Å². The van der Waals surface area contributed by atoms with E-state index >= 15 is 0 Å². The van der Waals surface area contributed by atoms with E-state index < -0.39 is 0 Å². The Morgan fingerprint density at radius 1 is 1.50 bits per heavy atom. The Labute approximate surface area is 112 Å². The molecular formula is C14H16ClNO2. The first kappa shape index (κ1) is 14.6. The van der Waals surface area contributed by atoms with Crippen LogP contribution in [0.2, 0.25) is 5.02 Å². The predicted octanol–water partition coefficient (Wildman–Crippen LogP) is 2.67. The molecule has 0 aliphatic carbocycles. The van der Waals surface area contributed by atoms with Crippen molar-refractivity contribution in [1.29, 1.82) is 0 Å². The molecule has 0 aliphatic rings. The van der Waals surface area contributed by atoms with E-state index in [0.717, 1.165) is 0 Å². The fraction of sp³-hybridized carbons (Fsp3) is 0.357. The summed E-state index contributed by atoms with van der Waals surface area (Å²) in [5, 5.41) is 12.0. The molecule has 3 nitrogen and oxygen atoms in total. The fourth-order valence-corrected chi connectivity index (χ4v) is 1.61. The van der Waals surface area contributed by atoms with Gasteiger partial charge in [0.2, 0.25) is 5.91 Å². The average molecular weight is 266 g/mol. The summed E-state index contributed by atoms with van der Waals surface area (Å²) in [7, 11) is 0. The highest BCUT2D eigenvalue weighted by Gasteiger charge is 2.08. The highest BCUT2D eigenvalue weighted by molar-refractivity contribution is 6.30. The molecule has 1 aromatic rings. The maximum absolute atomic E-state index is 11.7. The summed E-state index contributed by atoms with van der Waals surface area (Å²) in [4.78, 5) is 11.7. The number of nitrogens with one attached hydrogen (secondary N) is 1. The number of hydrogen-bond donors (Lipinski definition) is 2. The number of halogens is 1. The molecule has 0 aliphatic heterocycles. The van der Waals surface area contributed by atoms with Crippen molar-refractivity contribution in [1.82, 2.24) is 0 Å². The molecule has 1 aromatic carbocycles.